The zero-order chi connectivity index (χ0) is 9.97. The lowest BCUT2D eigenvalue weighted by Crippen LogP contribution is -1.91. The monoisotopic (exact) mass is 251 g/mol. The lowest BCUT2D eigenvalue weighted by molar-refractivity contribution is 0.414. The van der Waals surface area contributed by atoms with Gasteiger partial charge in [0.25, 0.3) is 0 Å². The Morgan fingerprint density at radius 2 is 1.86 bits per heavy atom. The van der Waals surface area contributed by atoms with E-state index in [9.17, 15) is 0 Å². The SMILES string of the molecule is COc1cc(Br)cc(-n2cccc2)c1. The summed E-state index contributed by atoms with van der Waals surface area (Å²) in [6.45, 7) is 0. The molecule has 0 saturated heterocycles. The van der Waals surface area contributed by atoms with Gasteiger partial charge in [-0.25, -0.2) is 0 Å². The normalized spacial score (nSPS) is 10.1. The van der Waals surface area contributed by atoms with Gasteiger partial charge in [-0.15, -0.1) is 0 Å². The Bertz CT molecular complexity index is 423. The molecule has 0 radical (unpaired) electrons. The molecule has 0 amide bonds. The Kier molecular flexibility index (Phi) is 2.59. The number of benzene rings is 1. The van der Waals surface area contributed by atoms with Gasteiger partial charge in [0.05, 0.1) is 7.11 Å². The summed E-state index contributed by atoms with van der Waals surface area (Å²) in [6.07, 6.45) is 4.00. The third kappa shape index (κ3) is 1.82. The van der Waals surface area contributed by atoms with E-state index < -0.39 is 0 Å². The van der Waals surface area contributed by atoms with Crippen molar-refractivity contribution in [2.24, 2.45) is 0 Å². The van der Waals surface area contributed by atoms with Gasteiger partial charge in [0.1, 0.15) is 5.75 Å². The maximum atomic E-state index is 5.19. The van der Waals surface area contributed by atoms with Crippen molar-refractivity contribution in [1.29, 1.82) is 0 Å². The highest BCUT2D eigenvalue weighted by molar-refractivity contribution is 9.10. The van der Waals surface area contributed by atoms with Crippen molar-refractivity contribution < 1.29 is 4.74 Å². The van der Waals surface area contributed by atoms with Crippen LogP contribution >= 0.6 is 15.9 Å². The Morgan fingerprint density at radius 3 is 2.50 bits per heavy atom. The largest absolute Gasteiger partial charge is 0.497 e. The van der Waals surface area contributed by atoms with Crippen molar-refractivity contribution in [2.75, 3.05) is 7.11 Å². The topological polar surface area (TPSA) is 14.2 Å². The van der Waals surface area contributed by atoms with Crippen molar-refractivity contribution in [3.63, 3.8) is 0 Å². The van der Waals surface area contributed by atoms with E-state index in [-0.39, 0.29) is 0 Å². The first-order chi connectivity index (χ1) is 6.79. The van der Waals surface area contributed by atoms with Crippen molar-refractivity contribution in [1.82, 2.24) is 4.57 Å². The van der Waals surface area contributed by atoms with E-state index in [1.165, 1.54) is 0 Å². The van der Waals surface area contributed by atoms with Crippen molar-refractivity contribution in [3.05, 3.63) is 47.2 Å². The Labute approximate surface area is 91.3 Å². The summed E-state index contributed by atoms with van der Waals surface area (Å²) < 4.78 is 8.24. The van der Waals surface area contributed by atoms with Crippen LogP contribution in [0.25, 0.3) is 5.69 Å². The predicted octanol–water partition coefficient (Wildman–Crippen LogP) is 3.25. The van der Waals surface area contributed by atoms with Gasteiger partial charge in [-0.3, -0.25) is 0 Å². The summed E-state index contributed by atoms with van der Waals surface area (Å²) in [4.78, 5) is 0. The number of ether oxygens (including phenoxy) is 1. The molecule has 72 valence electrons. The Morgan fingerprint density at radius 1 is 1.14 bits per heavy atom. The molecule has 14 heavy (non-hydrogen) atoms. The van der Waals surface area contributed by atoms with E-state index in [1.807, 2.05) is 47.3 Å². The van der Waals surface area contributed by atoms with Crippen LogP contribution < -0.4 is 4.74 Å². The summed E-state index contributed by atoms with van der Waals surface area (Å²) in [5.74, 6) is 0.850. The van der Waals surface area contributed by atoms with Crippen molar-refractivity contribution in [3.8, 4) is 11.4 Å². The smallest absolute Gasteiger partial charge is 0.122 e. The minimum Gasteiger partial charge on any atom is -0.497 e. The second-order valence-electron chi connectivity index (χ2n) is 2.94. The molecule has 1 aromatic carbocycles. The number of rotatable bonds is 2. The summed E-state index contributed by atoms with van der Waals surface area (Å²) in [5.41, 5.74) is 1.08. The van der Waals surface area contributed by atoms with E-state index >= 15 is 0 Å². The van der Waals surface area contributed by atoms with Crippen LogP contribution in [-0.2, 0) is 0 Å². The minimum absolute atomic E-state index is 0.850. The maximum Gasteiger partial charge on any atom is 0.122 e. The summed E-state index contributed by atoms with van der Waals surface area (Å²) in [5, 5.41) is 0. The molecule has 0 saturated carbocycles. The zero-order valence-electron chi connectivity index (χ0n) is 7.77. The number of hydrogen-bond donors (Lipinski definition) is 0. The molecule has 2 rings (SSSR count). The average Bonchev–Trinajstić information content (AvgIpc) is 2.69. The number of halogens is 1. The fraction of sp³-hybridized carbons (Fsp3) is 0.0909. The van der Waals surface area contributed by atoms with Crippen LogP contribution in [0.15, 0.2) is 47.2 Å². The molecule has 2 nitrogen and oxygen atoms in total. The Hall–Kier alpha value is -1.22. The molecule has 0 unspecified atom stereocenters. The molecule has 2 aromatic rings. The van der Waals surface area contributed by atoms with E-state index in [2.05, 4.69) is 15.9 Å². The molecule has 1 aromatic heterocycles. The van der Waals surface area contributed by atoms with Crippen LogP contribution in [0, 0.1) is 0 Å². The molecule has 0 aliphatic heterocycles. The lowest BCUT2D eigenvalue weighted by Gasteiger charge is -2.06. The molecule has 3 heteroatoms. The highest BCUT2D eigenvalue weighted by atomic mass is 79.9. The van der Waals surface area contributed by atoms with Crippen LogP contribution in [0.2, 0.25) is 0 Å². The number of methoxy groups -OCH3 is 1. The molecule has 0 bridgehead atoms. The van der Waals surface area contributed by atoms with Gasteiger partial charge in [0.2, 0.25) is 0 Å². The van der Waals surface area contributed by atoms with Gasteiger partial charge in [-0.2, -0.15) is 0 Å². The van der Waals surface area contributed by atoms with Gasteiger partial charge in [0.15, 0.2) is 0 Å². The molecule has 0 N–H and O–H groups in total. The highest BCUT2D eigenvalue weighted by Gasteiger charge is 2.00. The molecular weight excluding hydrogens is 242 g/mol. The van der Waals surface area contributed by atoms with Crippen LogP contribution in [0.4, 0.5) is 0 Å². The highest BCUT2D eigenvalue weighted by Crippen LogP contribution is 2.23. The second-order valence-corrected chi connectivity index (χ2v) is 3.86. The summed E-state index contributed by atoms with van der Waals surface area (Å²) in [7, 11) is 1.67. The van der Waals surface area contributed by atoms with Gasteiger partial charge in [-0.1, -0.05) is 15.9 Å². The minimum atomic E-state index is 0.850. The lowest BCUT2D eigenvalue weighted by atomic mass is 10.3. The van der Waals surface area contributed by atoms with Crippen LogP contribution in [0.3, 0.4) is 0 Å². The maximum absolute atomic E-state index is 5.19. The quantitative estimate of drug-likeness (QED) is 0.800. The molecule has 0 aliphatic rings. The van der Waals surface area contributed by atoms with Gasteiger partial charge < -0.3 is 9.30 Å². The Balaban J connectivity index is 2.48. The van der Waals surface area contributed by atoms with E-state index in [0.717, 1.165) is 15.9 Å². The van der Waals surface area contributed by atoms with Gasteiger partial charge in [-0.05, 0) is 24.3 Å². The molecule has 1 heterocycles. The van der Waals surface area contributed by atoms with E-state index in [1.54, 1.807) is 7.11 Å². The van der Waals surface area contributed by atoms with Crippen LogP contribution in [-0.4, -0.2) is 11.7 Å². The summed E-state index contributed by atoms with van der Waals surface area (Å²) in [6, 6.07) is 9.96. The third-order valence-corrected chi connectivity index (χ3v) is 2.45. The first-order valence-electron chi connectivity index (χ1n) is 4.27. The fourth-order valence-electron chi connectivity index (χ4n) is 1.32. The molecule has 0 fully saturated rings. The van der Waals surface area contributed by atoms with Crippen LogP contribution in [0.5, 0.6) is 5.75 Å². The average molecular weight is 252 g/mol. The first kappa shape index (κ1) is 9.34. The van der Waals surface area contributed by atoms with Crippen molar-refractivity contribution in [2.45, 2.75) is 0 Å². The van der Waals surface area contributed by atoms with E-state index in [4.69, 9.17) is 4.74 Å². The van der Waals surface area contributed by atoms with Crippen molar-refractivity contribution >= 4 is 15.9 Å². The van der Waals surface area contributed by atoms with Gasteiger partial charge >= 0.3 is 0 Å². The standard InChI is InChI=1S/C11H10BrNO/c1-14-11-7-9(12)6-10(8-11)13-4-2-3-5-13/h2-8H,1H3. The van der Waals surface area contributed by atoms with E-state index in [0.29, 0.717) is 0 Å². The number of hydrogen-bond acceptors (Lipinski definition) is 1. The number of nitrogens with zero attached hydrogens (tertiary/aromatic N) is 1. The first-order valence-corrected chi connectivity index (χ1v) is 5.07. The molecule has 0 spiro atoms. The second kappa shape index (κ2) is 3.88. The predicted molar refractivity (Wildman–Crippen MR) is 60.0 cm³/mol. The number of aromatic nitrogens is 1. The molecule has 0 atom stereocenters. The summed E-state index contributed by atoms with van der Waals surface area (Å²) >= 11 is 3.45. The third-order valence-electron chi connectivity index (χ3n) is 1.99. The fourth-order valence-corrected chi connectivity index (χ4v) is 1.78. The molecular formula is C11H10BrNO. The van der Waals surface area contributed by atoms with Crippen LogP contribution in [0.1, 0.15) is 0 Å². The van der Waals surface area contributed by atoms with Gasteiger partial charge in [0, 0.05) is 28.6 Å². The zero-order valence-corrected chi connectivity index (χ0v) is 9.36. The molecule has 0 aliphatic carbocycles.